The molecule has 4 rings (SSSR count). The molecule has 2 aromatic heterocycles. The average molecular weight is 333 g/mol. The molecule has 4 aromatic rings. The Morgan fingerprint density at radius 1 is 1.04 bits per heavy atom. The van der Waals surface area contributed by atoms with Crippen LogP contribution in [0.1, 0.15) is 5.56 Å². The van der Waals surface area contributed by atoms with Gasteiger partial charge in [0.25, 0.3) is 0 Å². The van der Waals surface area contributed by atoms with Crippen LogP contribution in [0.25, 0.3) is 21.3 Å². The highest BCUT2D eigenvalue weighted by molar-refractivity contribution is 7.17. The molecule has 118 valence electrons. The summed E-state index contributed by atoms with van der Waals surface area (Å²) in [5, 5.41) is 16.5. The van der Waals surface area contributed by atoms with E-state index in [2.05, 4.69) is 32.8 Å². The molecule has 2 heterocycles. The lowest BCUT2D eigenvalue weighted by Crippen LogP contribution is -1.96. The van der Waals surface area contributed by atoms with E-state index in [-0.39, 0.29) is 5.75 Å². The molecule has 0 spiro atoms. The summed E-state index contributed by atoms with van der Waals surface area (Å²) in [5.41, 5.74) is 3.84. The van der Waals surface area contributed by atoms with Gasteiger partial charge >= 0.3 is 0 Å². The smallest absolute Gasteiger partial charge is 0.143 e. The van der Waals surface area contributed by atoms with Crippen LogP contribution in [0.4, 0.5) is 11.5 Å². The quantitative estimate of drug-likeness (QED) is 0.511. The van der Waals surface area contributed by atoms with Crippen molar-refractivity contribution in [1.82, 2.24) is 9.97 Å². The lowest BCUT2D eigenvalue weighted by Gasteiger charge is -2.10. The zero-order chi connectivity index (χ0) is 16.5. The zero-order valence-corrected chi connectivity index (χ0v) is 13.8. The third-order valence-electron chi connectivity index (χ3n) is 3.86. The van der Waals surface area contributed by atoms with E-state index in [1.165, 1.54) is 0 Å². The number of rotatable bonds is 3. The summed E-state index contributed by atoms with van der Waals surface area (Å²) in [7, 11) is 0. The Balaban J connectivity index is 1.85. The number of hydrogen-bond donors (Lipinski definition) is 2. The number of thiophene rings is 1. The summed E-state index contributed by atoms with van der Waals surface area (Å²) < 4.78 is 0. The van der Waals surface area contributed by atoms with Crippen LogP contribution in [-0.2, 0) is 0 Å². The number of anilines is 2. The molecular formula is C19H15N3OS. The Morgan fingerprint density at radius 3 is 2.67 bits per heavy atom. The van der Waals surface area contributed by atoms with E-state index in [1.807, 2.05) is 37.3 Å². The van der Waals surface area contributed by atoms with Gasteiger partial charge < -0.3 is 10.4 Å². The maximum absolute atomic E-state index is 10.2. The Bertz CT molecular complexity index is 1010. The minimum Gasteiger partial charge on any atom is -0.506 e. The summed E-state index contributed by atoms with van der Waals surface area (Å²) >= 11 is 1.59. The van der Waals surface area contributed by atoms with Crippen molar-refractivity contribution >= 4 is 33.1 Å². The first-order chi connectivity index (χ1) is 11.7. The van der Waals surface area contributed by atoms with Gasteiger partial charge in [0, 0.05) is 10.9 Å². The van der Waals surface area contributed by atoms with Crippen molar-refractivity contribution in [2.75, 3.05) is 5.32 Å². The molecule has 2 N–H and O–H groups in total. The molecule has 0 radical (unpaired) electrons. The molecule has 0 atom stereocenters. The second-order valence-corrected chi connectivity index (χ2v) is 6.42. The molecule has 5 heteroatoms. The molecule has 0 saturated carbocycles. The van der Waals surface area contributed by atoms with E-state index >= 15 is 0 Å². The van der Waals surface area contributed by atoms with Crippen LogP contribution in [0.15, 0.2) is 60.2 Å². The van der Waals surface area contributed by atoms with Gasteiger partial charge in [-0.05, 0) is 30.2 Å². The monoisotopic (exact) mass is 333 g/mol. The first-order valence-corrected chi connectivity index (χ1v) is 8.44. The Kier molecular flexibility index (Phi) is 3.63. The number of benzene rings is 2. The van der Waals surface area contributed by atoms with E-state index in [9.17, 15) is 5.11 Å². The van der Waals surface area contributed by atoms with E-state index in [4.69, 9.17) is 0 Å². The number of phenolic OH excluding ortho intramolecular Hbond substituents is 1. The predicted octanol–water partition coefficient (Wildman–Crippen LogP) is 5.12. The average Bonchev–Trinajstić information content (AvgIpc) is 3.03. The second-order valence-electron chi connectivity index (χ2n) is 5.56. The fourth-order valence-electron chi connectivity index (χ4n) is 2.68. The van der Waals surface area contributed by atoms with Gasteiger partial charge in [0.15, 0.2) is 0 Å². The minimum absolute atomic E-state index is 0.207. The van der Waals surface area contributed by atoms with Crippen molar-refractivity contribution in [3.8, 4) is 16.9 Å². The maximum atomic E-state index is 10.2. The van der Waals surface area contributed by atoms with Crippen molar-refractivity contribution in [2.24, 2.45) is 0 Å². The minimum atomic E-state index is 0.207. The number of aromatic hydroxyl groups is 1. The zero-order valence-electron chi connectivity index (χ0n) is 13.0. The summed E-state index contributed by atoms with van der Waals surface area (Å²) in [6, 6.07) is 15.7. The van der Waals surface area contributed by atoms with Crippen LogP contribution < -0.4 is 5.32 Å². The molecule has 0 aliphatic carbocycles. The number of aromatic nitrogens is 2. The lowest BCUT2D eigenvalue weighted by atomic mass is 10.1. The Morgan fingerprint density at radius 2 is 1.88 bits per heavy atom. The van der Waals surface area contributed by atoms with Gasteiger partial charge in [-0.15, -0.1) is 11.3 Å². The standard InChI is InChI=1S/C19H15N3OS/c1-12-7-8-15(16(23)9-12)22-18-17-14(13-5-3-2-4-6-13)10-24-19(17)21-11-20-18/h2-11,23H,1H3,(H,20,21,22). The molecular weight excluding hydrogens is 318 g/mol. The maximum Gasteiger partial charge on any atom is 0.143 e. The molecule has 0 aliphatic rings. The number of nitrogens with one attached hydrogen (secondary N) is 1. The topological polar surface area (TPSA) is 58.0 Å². The molecule has 0 aliphatic heterocycles. The highest BCUT2D eigenvalue weighted by atomic mass is 32.1. The van der Waals surface area contributed by atoms with E-state index < -0.39 is 0 Å². The van der Waals surface area contributed by atoms with Crippen LogP contribution in [0.2, 0.25) is 0 Å². The van der Waals surface area contributed by atoms with Crippen molar-refractivity contribution < 1.29 is 5.11 Å². The predicted molar refractivity (Wildman–Crippen MR) is 99.0 cm³/mol. The van der Waals surface area contributed by atoms with Crippen LogP contribution in [0.3, 0.4) is 0 Å². The van der Waals surface area contributed by atoms with Gasteiger partial charge in [-0.3, -0.25) is 0 Å². The highest BCUT2D eigenvalue weighted by Crippen LogP contribution is 2.38. The van der Waals surface area contributed by atoms with Crippen molar-refractivity contribution in [3.05, 3.63) is 65.8 Å². The van der Waals surface area contributed by atoms with Crippen LogP contribution in [-0.4, -0.2) is 15.1 Å². The summed E-state index contributed by atoms with van der Waals surface area (Å²) in [6.45, 7) is 1.94. The number of phenols is 1. The molecule has 4 nitrogen and oxygen atoms in total. The Hall–Kier alpha value is -2.92. The third-order valence-corrected chi connectivity index (χ3v) is 4.75. The summed E-state index contributed by atoms with van der Waals surface area (Å²) in [5.74, 6) is 0.900. The van der Waals surface area contributed by atoms with Crippen molar-refractivity contribution in [3.63, 3.8) is 0 Å². The number of aryl methyl sites for hydroxylation is 1. The highest BCUT2D eigenvalue weighted by Gasteiger charge is 2.14. The summed E-state index contributed by atoms with van der Waals surface area (Å²) in [6.07, 6.45) is 1.54. The summed E-state index contributed by atoms with van der Waals surface area (Å²) in [4.78, 5) is 9.68. The Labute approximate surface area is 143 Å². The van der Waals surface area contributed by atoms with Gasteiger partial charge in [0.1, 0.15) is 22.7 Å². The van der Waals surface area contributed by atoms with Gasteiger partial charge in [-0.2, -0.15) is 0 Å². The number of hydrogen-bond acceptors (Lipinski definition) is 5. The first-order valence-electron chi connectivity index (χ1n) is 7.56. The first kappa shape index (κ1) is 14.7. The van der Waals surface area contributed by atoms with Gasteiger partial charge in [-0.25, -0.2) is 9.97 Å². The van der Waals surface area contributed by atoms with E-state index in [0.29, 0.717) is 11.5 Å². The normalized spacial score (nSPS) is 10.9. The molecule has 0 fully saturated rings. The van der Waals surface area contributed by atoms with Crippen LogP contribution in [0.5, 0.6) is 5.75 Å². The van der Waals surface area contributed by atoms with Crippen LogP contribution in [0, 0.1) is 6.92 Å². The van der Waals surface area contributed by atoms with Crippen molar-refractivity contribution in [2.45, 2.75) is 6.92 Å². The fraction of sp³-hybridized carbons (Fsp3) is 0.0526. The molecule has 0 saturated heterocycles. The molecule has 24 heavy (non-hydrogen) atoms. The largest absolute Gasteiger partial charge is 0.506 e. The third kappa shape index (κ3) is 2.59. The van der Waals surface area contributed by atoms with E-state index in [0.717, 1.165) is 26.9 Å². The lowest BCUT2D eigenvalue weighted by molar-refractivity contribution is 0.477. The van der Waals surface area contributed by atoms with Crippen molar-refractivity contribution in [1.29, 1.82) is 0 Å². The molecule has 2 aromatic carbocycles. The second kappa shape index (κ2) is 5.94. The number of fused-ring (bicyclic) bond motifs is 1. The SMILES string of the molecule is Cc1ccc(Nc2ncnc3scc(-c4ccccc4)c23)c(O)c1. The van der Waals surface area contributed by atoms with Gasteiger partial charge in [-0.1, -0.05) is 36.4 Å². The molecule has 0 bridgehead atoms. The van der Waals surface area contributed by atoms with Gasteiger partial charge in [0.2, 0.25) is 0 Å². The fourth-order valence-corrected chi connectivity index (χ4v) is 3.59. The van der Waals surface area contributed by atoms with E-state index in [1.54, 1.807) is 23.7 Å². The molecule has 0 unspecified atom stereocenters. The van der Waals surface area contributed by atoms with Crippen LogP contribution >= 0.6 is 11.3 Å². The molecule has 0 amide bonds. The number of nitrogens with zero attached hydrogens (tertiary/aromatic N) is 2. The van der Waals surface area contributed by atoms with Gasteiger partial charge in [0.05, 0.1) is 11.1 Å².